The Labute approximate surface area is 120 Å². The molecule has 0 radical (unpaired) electrons. The fourth-order valence-corrected chi connectivity index (χ4v) is 3.05. The van der Waals surface area contributed by atoms with Gasteiger partial charge in [0.15, 0.2) is 5.16 Å². The maximum absolute atomic E-state index is 10.8. The van der Waals surface area contributed by atoms with Crippen LogP contribution in [-0.4, -0.2) is 33.0 Å². The molecule has 3 rings (SSSR count). The molecule has 106 valence electrons. The van der Waals surface area contributed by atoms with E-state index in [-0.39, 0.29) is 5.75 Å². The Bertz CT molecular complexity index is 649. The first-order chi connectivity index (χ1) is 9.70. The van der Waals surface area contributed by atoms with Gasteiger partial charge in [0, 0.05) is 6.04 Å². The molecule has 1 saturated carbocycles. The van der Waals surface area contributed by atoms with Gasteiger partial charge in [0.2, 0.25) is 0 Å². The normalized spacial score (nSPS) is 14.7. The van der Waals surface area contributed by atoms with Gasteiger partial charge in [0.25, 0.3) is 0 Å². The van der Waals surface area contributed by atoms with E-state index in [2.05, 4.69) is 9.55 Å². The lowest BCUT2D eigenvalue weighted by atomic mass is 10.3. The molecule has 0 atom stereocenters. The minimum Gasteiger partial charge on any atom is -0.492 e. The number of carboxylic acids is 1. The van der Waals surface area contributed by atoms with Crippen molar-refractivity contribution in [2.45, 2.75) is 31.0 Å². The van der Waals surface area contributed by atoms with Gasteiger partial charge in [0.05, 0.1) is 17.9 Å². The summed E-state index contributed by atoms with van der Waals surface area (Å²) in [5.41, 5.74) is 1.86. The highest BCUT2D eigenvalue weighted by Gasteiger charge is 2.29. The molecular formula is C14H16N2O3S. The second-order valence-electron chi connectivity index (χ2n) is 4.73. The van der Waals surface area contributed by atoms with Crippen molar-refractivity contribution in [3.63, 3.8) is 0 Å². The molecule has 1 N–H and O–H groups in total. The molecule has 1 heterocycles. The summed E-state index contributed by atoms with van der Waals surface area (Å²) in [4.78, 5) is 15.4. The maximum atomic E-state index is 10.8. The zero-order valence-electron chi connectivity index (χ0n) is 11.2. The molecule has 20 heavy (non-hydrogen) atoms. The van der Waals surface area contributed by atoms with Crippen LogP contribution in [0, 0.1) is 0 Å². The highest BCUT2D eigenvalue weighted by molar-refractivity contribution is 7.99. The van der Waals surface area contributed by atoms with Crippen LogP contribution in [0.25, 0.3) is 11.0 Å². The second kappa shape index (κ2) is 5.36. The zero-order chi connectivity index (χ0) is 14.1. The molecule has 2 aromatic rings. The van der Waals surface area contributed by atoms with Crippen LogP contribution >= 0.6 is 11.8 Å². The van der Waals surface area contributed by atoms with Gasteiger partial charge in [-0.3, -0.25) is 4.79 Å². The Morgan fingerprint density at radius 3 is 3.00 bits per heavy atom. The largest absolute Gasteiger partial charge is 0.492 e. The zero-order valence-corrected chi connectivity index (χ0v) is 12.0. The van der Waals surface area contributed by atoms with E-state index < -0.39 is 5.97 Å². The minimum atomic E-state index is -0.825. The molecule has 0 bridgehead atoms. The fourth-order valence-electron chi connectivity index (χ4n) is 2.26. The third-order valence-electron chi connectivity index (χ3n) is 3.19. The van der Waals surface area contributed by atoms with Crippen molar-refractivity contribution in [3.8, 4) is 5.75 Å². The SMILES string of the molecule is CCOc1cccc2c1nc(SCC(=O)O)n2C1CC1. The Kier molecular flexibility index (Phi) is 3.56. The molecule has 0 spiro atoms. The number of imidazole rings is 1. The van der Waals surface area contributed by atoms with Crippen LogP contribution in [-0.2, 0) is 4.79 Å². The predicted molar refractivity (Wildman–Crippen MR) is 77.5 cm³/mol. The van der Waals surface area contributed by atoms with E-state index >= 15 is 0 Å². The van der Waals surface area contributed by atoms with Gasteiger partial charge in [-0.1, -0.05) is 17.8 Å². The Morgan fingerprint density at radius 2 is 2.35 bits per heavy atom. The molecule has 1 aromatic carbocycles. The third kappa shape index (κ3) is 2.47. The predicted octanol–water partition coefficient (Wildman–Crippen LogP) is 2.95. The summed E-state index contributed by atoms with van der Waals surface area (Å²) in [5.74, 6) is -0.0315. The van der Waals surface area contributed by atoms with Crippen LogP contribution in [0.2, 0.25) is 0 Å². The third-order valence-corrected chi connectivity index (χ3v) is 4.12. The summed E-state index contributed by atoms with van der Waals surface area (Å²) >= 11 is 1.27. The van der Waals surface area contributed by atoms with Gasteiger partial charge >= 0.3 is 5.97 Å². The van der Waals surface area contributed by atoms with E-state index in [0.717, 1.165) is 34.8 Å². The van der Waals surface area contributed by atoms with Gasteiger partial charge < -0.3 is 14.4 Å². The summed E-state index contributed by atoms with van der Waals surface area (Å²) in [7, 11) is 0. The summed E-state index contributed by atoms with van der Waals surface area (Å²) in [6.07, 6.45) is 2.26. The van der Waals surface area contributed by atoms with Gasteiger partial charge in [-0.15, -0.1) is 0 Å². The summed E-state index contributed by atoms with van der Waals surface area (Å²) < 4.78 is 7.77. The number of aromatic nitrogens is 2. The molecule has 0 aliphatic heterocycles. The second-order valence-corrected chi connectivity index (χ2v) is 5.68. The van der Waals surface area contributed by atoms with Crippen LogP contribution in [0.15, 0.2) is 23.4 Å². The smallest absolute Gasteiger partial charge is 0.313 e. The average Bonchev–Trinajstić information content (AvgIpc) is 3.18. The van der Waals surface area contributed by atoms with Crippen molar-refractivity contribution in [3.05, 3.63) is 18.2 Å². The van der Waals surface area contributed by atoms with E-state index in [9.17, 15) is 4.79 Å². The number of aliphatic carboxylic acids is 1. The van der Waals surface area contributed by atoms with E-state index in [4.69, 9.17) is 9.84 Å². The number of nitrogens with zero attached hydrogens (tertiary/aromatic N) is 2. The number of para-hydroxylation sites is 1. The highest BCUT2D eigenvalue weighted by atomic mass is 32.2. The number of ether oxygens (including phenoxy) is 1. The number of carbonyl (C=O) groups is 1. The minimum absolute atomic E-state index is 0.0278. The number of benzene rings is 1. The standard InChI is InChI=1S/C14H16N2O3S/c1-2-19-11-5-3-4-10-13(11)15-14(20-8-12(17)18)16(10)9-6-7-9/h3-5,9H,2,6-8H2,1H3,(H,17,18). The quantitative estimate of drug-likeness (QED) is 0.829. The number of hydrogen-bond acceptors (Lipinski definition) is 4. The number of fused-ring (bicyclic) bond motifs is 1. The molecule has 0 unspecified atom stereocenters. The molecule has 1 aliphatic carbocycles. The molecule has 1 fully saturated rings. The average molecular weight is 292 g/mol. The van der Waals surface area contributed by atoms with Crippen molar-refractivity contribution >= 4 is 28.8 Å². The van der Waals surface area contributed by atoms with Crippen LogP contribution in [0.1, 0.15) is 25.8 Å². The van der Waals surface area contributed by atoms with Crippen LogP contribution in [0.4, 0.5) is 0 Å². The van der Waals surface area contributed by atoms with Crippen molar-refractivity contribution in [1.29, 1.82) is 0 Å². The molecule has 0 amide bonds. The first kappa shape index (κ1) is 13.3. The van der Waals surface area contributed by atoms with Crippen molar-refractivity contribution in [1.82, 2.24) is 9.55 Å². The van der Waals surface area contributed by atoms with E-state index in [0.29, 0.717) is 12.6 Å². The number of hydrogen-bond donors (Lipinski definition) is 1. The molecule has 0 saturated heterocycles. The first-order valence-electron chi connectivity index (χ1n) is 6.69. The maximum Gasteiger partial charge on any atom is 0.313 e. The number of carboxylic acid groups (broad SMARTS) is 1. The Morgan fingerprint density at radius 1 is 1.55 bits per heavy atom. The van der Waals surface area contributed by atoms with Gasteiger partial charge in [-0.05, 0) is 31.9 Å². The van der Waals surface area contributed by atoms with Crippen LogP contribution in [0.3, 0.4) is 0 Å². The van der Waals surface area contributed by atoms with E-state index in [1.54, 1.807) is 0 Å². The van der Waals surface area contributed by atoms with E-state index in [1.165, 1.54) is 11.8 Å². The lowest BCUT2D eigenvalue weighted by Crippen LogP contribution is -2.01. The van der Waals surface area contributed by atoms with Crippen LogP contribution < -0.4 is 4.74 Å². The van der Waals surface area contributed by atoms with Crippen molar-refractivity contribution < 1.29 is 14.6 Å². The van der Waals surface area contributed by atoms with Gasteiger partial charge in [0.1, 0.15) is 11.3 Å². The number of thioether (sulfide) groups is 1. The van der Waals surface area contributed by atoms with Crippen molar-refractivity contribution in [2.24, 2.45) is 0 Å². The van der Waals surface area contributed by atoms with E-state index in [1.807, 2.05) is 25.1 Å². The molecule has 5 nitrogen and oxygen atoms in total. The molecule has 1 aromatic heterocycles. The summed E-state index contributed by atoms with van der Waals surface area (Å²) in [6, 6.07) is 6.34. The topological polar surface area (TPSA) is 64.3 Å². The van der Waals surface area contributed by atoms with Gasteiger partial charge in [-0.25, -0.2) is 4.98 Å². The lowest BCUT2D eigenvalue weighted by Gasteiger charge is -2.06. The lowest BCUT2D eigenvalue weighted by molar-refractivity contribution is -0.133. The highest BCUT2D eigenvalue weighted by Crippen LogP contribution is 2.42. The molecule has 1 aliphatic rings. The first-order valence-corrected chi connectivity index (χ1v) is 7.67. The van der Waals surface area contributed by atoms with Gasteiger partial charge in [-0.2, -0.15) is 0 Å². The van der Waals surface area contributed by atoms with Crippen LogP contribution in [0.5, 0.6) is 5.75 Å². The Balaban J connectivity index is 2.06. The summed E-state index contributed by atoms with van der Waals surface area (Å²) in [6.45, 7) is 2.53. The Hall–Kier alpha value is -1.69. The fraction of sp³-hybridized carbons (Fsp3) is 0.429. The van der Waals surface area contributed by atoms with Crippen molar-refractivity contribution in [2.75, 3.05) is 12.4 Å². The molecule has 6 heteroatoms. The summed E-state index contributed by atoms with van der Waals surface area (Å²) in [5, 5.41) is 9.63. The number of rotatable bonds is 6. The monoisotopic (exact) mass is 292 g/mol. The molecular weight excluding hydrogens is 276 g/mol.